The third-order valence-electron chi connectivity index (χ3n) is 4.15. The minimum absolute atomic E-state index is 0.0770. The number of hydrogen-bond donors (Lipinski definition) is 3. The van der Waals surface area contributed by atoms with E-state index in [1.807, 2.05) is 48.5 Å². The average molecular weight is 418 g/mol. The zero-order chi connectivity index (χ0) is 21.7. The summed E-state index contributed by atoms with van der Waals surface area (Å²) in [6.07, 6.45) is -3.34. The van der Waals surface area contributed by atoms with Crippen molar-refractivity contribution in [2.75, 3.05) is 6.61 Å². The molecule has 2 heterocycles. The number of rotatable bonds is 4. The van der Waals surface area contributed by atoms with Gasteiger partial charge in [-0.15, -0.1) is 0 Å². The van der Waals surface area contributed by atoms with Gasteiger partial charge in [0.2, 0.25) is 0 Å². The summed E-state index contributed by atoms with van der Waals surface area (Å²) in [5.74, 6) is -1.89. The Kier molecular flexibility index (Phi) is 6.17. The molecule has 0 bridgehead atoms. The van der Waals surface area contributed by atoms with E-state index in [9.17, 15) is 18.3 Å². The largest absolute Gasteiger partial charge is 0.490 e. The summed E-state index contributed by atoms with van der Waals surface area (Å²) in [6, 6.07) is 18.1. The van der Waals surface area contributed by atoms with Crippen molar-refractivity contribution in [3.05, 3.63) is 60.8 Å². The molecule has 0 amide bonds. The van der Waals surface area contributed by atoms with Crippen LogP contribution in [0.1, 0.15) is 0 Å². The first-order valence-electron chi connectivity index (χ1n) is 8.77. The van der Waals surface area contributed by atoms with Gasteiger partial charge in [0.25, 0.3) is 0 Å². The van der Waals surface area contributed by atoms with Gasteiger partial charge in [-0.2, -0.15) is 18.3 Å². The summed E-state index contributed by atoms with van der Waals surface area (Å²) in [6.45, 7) is 0.595. The van der Waals surface area contributed by atoms with Gasteiger partial charge in [0.1, 0.15) is 5.82 Å². The highest BCUT2D eigenvalue weighted by molar-refractivity contribution is 5.81. The van der Waals surface area contributed by atoms with Crippen molar-refractivity contribution in [2.24, 2.45) is 0 Å². The van der Waals surface area contributed by atoms with Crippen molar-refractivity contribution in [3.63, 3.8) is 0 Å². The van der Waals surface area contributed by atoms with Crippen LogP contribution in [0, 0.1) is 0 Å². The number of hydrogen-bond acceptors (Lipinski definition) is 4. The number of carboxylic acid groups (broad SMARTS) is 1. The number of aromatic nitrogens is 4. The lowest BCUT2D eigenvalue weighted by molar-refractivity contribution is -0.192. The number of aliphatic hydroxyl groups is 1. The number of nitrogens with one attached hydrogen (secondary N) is 1. The second-order valence-electron chi connectivity index (χ2n) is 6.15. The molecule has 0 radical (unpaired) electrons. The molecule has 2 aromatic heterocycles. The number of halogens is 3. The standard InChI is InChI=1S/C18H16N4O.C2HF3O2/c23-11-10-22-17-7-2-1-6-16(17)20-18(22)14-5-3-4-13(12-14)15-8-9-19-21-15;3-2(4,5)1(6)7/h1-9,12,23H,10-11H2,(H,19,21);(H,6,7). The third-order valence-corrected chi connectivity index (χ3v) is 4.15. The summed E-state index contributed by atoms with van der Waals surface area (Å²) in [4.78, 5) is 13.6. The third kappa shape index (κ3) is 4.66. The van der Waals surface area contributed by atoms with E-state index in [1.54, 1.807) is 6.20 Å². The molecule has 0 unspecified atom stereocenters. The minimum atomic E-state index is -5.08. The van der Waals surface area contributed by atoms with E-state index in [0.29, 0.717) is 6.54 Å². The van der Waals surface area contributed by atoms with E-state index in [0.717, 1.165) is 33.7 Å². The monoisotopic (exact) mass is 418 g/mol. The fraction of sp³-hybridized carbons (Fsp3) is 0.150. The van der Waals surface area contributed by atoms with Crippen LogP contribution in [-0.2, 0) is 11.3 Å². The number of nitrogens with zero attached hydrogens (tertiary/aromatic N) is 3. The number of aliphatic carboxylic acids is 1. The number of para-hydroxylation sites is 2. The SMILES string of the molecule is O=C(O)C(F)(F)F.OCCn1c(-c2cccc(-c3ccn[nH]3)c2)nc2ccccc21. The lowest BCUT2D eigenvalue weighted by Gasteiger charge is -2.08. The van der Waals surface area contributed by atoms with Gasteiger partial charge < -0.3 is 14.8 Å². The average Bonchev–Trinajstić information content (AvgIpc) is 3.37. The molecule has 0 fully saturated rings. The quantitative estimate of drug-likeness (QED) is 0.469. The Morgan fingerprint density at radius 3 is 2.40 bits per heavy atom. The Morgan fingerprint density at radius 2 is 1.77 bits per heavy atom. The summed E-state index contributed by atoms with van der Waals surface area (Å²) < 4.78 is 33.8. The number of carbonyl (C=O) groups is 1. The van der Waals surface area contributed by atoms with Crippen LogP contribution in [0.4, 0.5) is 13.2 Å². The second-order valence-corrected chi connectivity index (χ2v) is 6.15. The van der Waals surface area contributed by atoms with Gasteiger partial charge >= 0.3 is 12.1 Å². The van der Waals surface area contributed by atoms with E-state index in [1.165, 1.54) is 0 Å². The molecule has 0 aliphatic heterocycles. The lowest BCUT2D eigenvalue weighted by atomic mass is 10.1. The maximum absolute atomic E-state index is 10.6. The van der Waals surface area contributed by atoms with E-state index in [4.69, 9.17) is 14.9 Å². The fourth-order valence-corrected chi connectivity index (χ4v) is 2.86. The molecule has 156 valence electrons. The normalized spacial score (nSPS) is 11.2. The van der Waals surface area contributed by atoms with Crippen LogP contribution >= 0.6 is 0 Å². The Bertz CT molecular complexity index is 1140. The Balaban J connectivity index is 0.000000318. The summed E-state index contributed by atoms with van der Waals surface area (Å²) in [5, 5.41) is 23.5. The molecular weight excluding hydrogens is 401 g/mol. The van der Waals surface area contributed by atoms with Crippen molar-refractivity contribution in [1.82, 2.24) is 19.7 Å². The van der Waals surface area contributed by atoms with Crippen LogP contribution in [0.25, 0.3) is 33.7 Å². The van der Waals surface area contributed by atoms with Crippen LogP contribution in [0.2, 0.25) is 0 Å². The molecule has 7 nitrogen and oxygen atoms in total. The first-order valence-corrected chi connectivity index (χ1v) is 8.77. The molecule has 4 aromatic rings. The van der Waals surface area contributed by atoms with Gasteiger partial charge in [0, 0.05) is 23.9 Å². The predicted octanol–water partition coefficient (Wildman–Crippen LogP) is 3.72. The number of carboxylic acids is 1. The zero-order valence-electron chi connectivity index (χ0n) is 15.5. The Labute approximate surface area is 168 Å². The molecule has 30 heavy (non-hydrogen) atoms. The van der Waals surface area contributed by atoms with Gasteiger partial charge in [-0.05, 0) is 24.3 Å². The zero-order valence-corrected chi connectivity index (χ0v) is 15.5. The lowest BCUT2D eigenvalue weighted by Crippen LogP contribution is -2.21. The highest BCUT2D eigenvalue weighted by atomic mass is 19.4. The molecule has 0 saturated heterocycles. The van der Waals surface area contributed by atoms with Crippen LogP contribution in [0.15, 0.2) is 60.8 Å². The maximum Gasteiger partial charge on any atom is 0.490 e. The first kappa shape index (κ1) is 21.1. The van der Waals surface area contributed by atoms with Crippen molar-refractivity contribution >= 4 is 17.0 Å². The smallest absolute Gasteiger partial charge is 0.475 e. The summed E-state index contributed by atoms with van der Waals surface area (Å²) >= 11 is 0. The van der Waals surface area contributed by atoms with Crippen molar-refractivity contribution < 1.29 is 28.2 Å². The summed E-state index contributed by atoms with van der Waals surface area (Å²) in [7, 11) is 0. The molecule has 0 spiro atoms. The highest BCUT2D eigenvalue weighted by Gasteiger charge is 2.38. The summed E-state index contributed by atoms with van der Waals surface area (Å²) in [5.41, 5.74) is 5.01. The maximum atomic E-state index is 10.6. The molecule has 0 atom stereocenters. The minimum Gasteiger partial charge on any atom is -0.475 e. The number of alkyl halides is 3. The molecule has 2 aromatic carbocycles. The highest BCUT2D eigenvalue weighted by Crippen LogP contribution is 2.28. The van der Waals surface area contributed by atoms with Crippen LogP contribution in [0.3, 0.4) is 0 Å². The first-order chi connectivity index (χ1) is 14.3. The number of aliphatic hydroxyl groups excluding tert-OH is 1. The Morgan fingerprint density at radius 1 is 1.07 bits per heavy atom. The molecule has 0 saturated carbocycles. The molecule has 10 heteroatoms. The van der Waals surface area contributed by atoms with Crippen molar-refractivity contribution in [1.29, 1.82) is 0 Å². The second kappa shape index (κ2) is 8.78. The number of fused-ring (bicyclic) bond motifs is 1. The van der Waals surface area contributed by atoms with Crippen molar-refractivity contribution in [3.8, 4) is 22.6 Å². The van der Waals surface area contributed by atoms with E-state index in [2.05, 4.69) is 20.8 Å². The number of aromatic amines is 1. The number of H-pyrrole nitrogens is 1. The predicted molar refractivity (Wildman–Crippen MR) is 104 cm³/mol. The van der Waals surface area contributed by atoms with Gasteiger partial charge in [-0.25, -0.2) is 9.78 Å². The van der Waals surface area contributed by atoms with E-state index in [-0.39, 0.29) is 6.61 Å². The molecular formula is C20H17F3N4O3. The molecule has 0 aliphatic carbocycles. The van der Waals surface area contributed by atoms with Crippen LogP contribution in [0.5, 0.6) is 0 Å². The van der Waals surface area contributed by atoms with Gasteiger partial charge in [-0.1, -0.05) is 30.3 Å². The van der Waals surface area contributed by atoms with Crippen molar-refractivity contribution in [2.45, 2.75) is 12.7 Å². The fourth-order valence-electron chi connectivity index (χ4n) is 2.86. The van der Waals surface area contributed by atoms with E-state index >= 15 is 0 Å². The molecule has 4 rings (SSSR count). The molecule has 0 aliphatic rings. The number of benzene rings is 2. The van der Waals surface area contributed by atoms with Gasteiger partial charge in [0.05, 0.1) is 23.3 Å². The van der Waals surface area contributed by atoms with Gasteiger partial charge in [0.15, 0.2) is 0 Å². The van der Waals surface area contributed by atoms with Crippen LogP contribution < -0.4 is 0 Å². The van der Waals surface area contributed by atoms with E-state index < -0.39 is 12.1 Å². The topological polar surface area (TPSA) is 104 Å². The van der Waals surface area contributed by atoms with Crippen LogP contribution in [-0.4, -0.2) is 48.7 Å². The number of imidazole rings is 1. The Hall–Kier alpha value is -3.66. The molecule has 3 N–H and O–H groups in total. The van der Waals surface area contributed by atoms with Gasteiger partial charge in [-0.3, -0.25) is 5.10 Å².